The van der Waals surface area contributed by atoms with Crippen molar-refractivity contribution in [1.82, 2.24) is 20.5 Å². The maximum atomic E-state index is 12.6. The Labute approximate surface area is 142 Å². The smallest absolute Gasteiger partial charge is 0.225 e. The van der Waals surface area contributed by atoms with Gasteiger partial charge in [-0.1, -0.05) is 44.2 Å². The van der Waals surface area contributed by atoms with Gasteiger partial charge in [-0.25, -0.2) is 4.98 Å². The van der Waals surface area contributed by atoms with Crippen LogP contribution in [0.3, 0.4) is 0 Å². The van der Waals surface area contributed by atoms with Crippen LogP contribution in [0, 0.1) is 11.8 Å². The van der Waals surface area contributed by atoms with E-state index in [-0.39, 0.29) is 23.8 Å². The fourth-order valence-corrected chi connectivity index (χ4v) is 3.32. The Kier molecular flexibility index (Phi) is 5.25. The van der Waals surface area contributed by atoms with Gasteiger partial charge in [0, 0.05) is 13.2 Å². The summed E-state index contributed by atoms with van der Waals surface area (Å²) in [5.41, 5.74) is 1.10. The largest absolute Gasteiger partial charge is 0.377 e. The molecule has 0 unspecified atom stereocenters. The van der Waals surface area contributed by atoms with Gasteiger partial charge in [0.05, 0.1) is 17.9 Å². The summed E-state index contributed by atoms with van der Waals surface area (Å²) in [4.78, 5) is 16.9. The minimum Gasteiger partial charge on any atom is -0.377 e. The van der Waals surface area contributed by atoms with Crippen LogP contribution < -0.4 is 5.32 Å². The Morgan fingerprint density at radius 1 is 1.38 bits per heavy atom. The Morgan fingerprint density at radius 2 is 2.17 bits per heavy atom. The summed E-state index contributed by atoms with van der Waals surface area (Å²) in [6, 6.07) is 10.0. The first-order chi connectivity index (χ1) is 11.7. The molecule has 3 rings (SSSR count). The first kappa shape index (κ1) is 16.6. The van der Waals surface area contributed by atoms with Gasteiger partial charge in [-0.15, -0.1) is 0 Å². The van der Waals surface area contributed by atoms with Crippen LogP contribution in [0.2, 0.25) is 0 Å². The van der Waals surface area contributed by atoms with Gasteiger partial charge in [-0.2, -0.15) is 5.10 Å². The van der Waals surface area contributed by atoms with Crippen LogP contribution in [-0.2, 0) is 9.53 Å². The number of carbonyl (C=O) groups is 1. The molecule has 2 heterocycles. The van der Waals surface area contributed by atoms with Crippen molar-refractivity contribution in [2.24, 2.45) is 11.8 Å². The van der Waals surface area contributed by atoms with Crippen LogP contribution in [0.15, 0.2) is 36.7 Å². The second kappa shape index (κ2) is 7.57. The van der Waals surface area contributed by atoms with Crippen molar-refractivity contribution in [2.75, 3.05) is 13.2 Å². The average Bonchev–Trinajstić information content (AvgIpc) is 3.27. The fraction of sp³-hybridized carbons (Fsp3) is 0.500. The molecule has 6 nitrogen and oxygen atoms in total. The van der Waals surface area contributed by atoms with E-state index in [0.717, 1.165) is 17.8 Å². The standard InChI is InChI=1S/C18H24N4O2/c1-12(2)16-14(8-9-24-16)18(23)19-10-15(17-20-11-21-22-17)13-6-4-3-5-7-13/h3-7,11-12,14-16H,8-10H2,1-2H3,(H,19,23)(H,20,21,22)/t14-,15+,16+/m1/s1. The van der Waals surface area contributed by atoms with E-state index in [1.807, 2.05) is 30.3 Å². The number of nitrogens with one attached hydrogen (secondary N) is 2. The number of rotatable bonds is 6. The molecule has 1 aromatic heterocycles. The molecule has 1 aromatic carbocycles. The van der Waals surface area contributed by atoms with Crippen molar-refractivity contribution in [3.8, 4) is 0 Å². The molecule has 24 heavy (non-hydrogen) atoms. The minimum absolute atomic E-state index is 0.00505. The van der Waals surface area contributed by atoms with E-state index in [9.17, 15) is 4.79 Å². The molecule has 2 N–H and O–H groups in total. The van der Waals surface area contributed by atoms with Crippen molar-refractivity contribution in [1.29, 1.82) is 0 Å². The quantitative estimate of drug-likeness (QED) is 0.851. The lowest BCUT2D eigenvalue weighted by atomic mass is 9.91. The molecule has 128 valence electrons. The second-order valence-electron chi connectivity index (χ2n) is 6.55. The number of carbonyl (C=O) groups excluding carboxylic acids is 1. The molecule has 0 bridgehead atoms. The van der Waals surface area contributed by atoms with Gasteiger partial charge in [0.25, 0.3) is 0 Å². The van der Waals surface area contributed by atoms with Crippen molar-refractivity contribution in [2.45, 2.75) is 32.3 Å². The Morgan fingerprint density at radius 3 is 2.83 bits per heavy atom. The highest BCUT2D eigenvalue weighted by Gasteiger charge is 2.36. The number of H-pyrrole nitrogens is 1. The van der Waals surface area contributed by atoms with Crippen LogP contribution in [0.4, 0.5) is 0 Å². The number of hydrogen-bond donors (Lipinski definition) is 2. The highest BCUT2D eigenvalue weighted by Crippen LogP contribution is 2.27. The molecule has 2 aromatic rings. The summed E-state index contributed by atoms with van der Waals surface area (Å²) < 4.78 is 5.72. The molecule has 0 spiro atoms. The molecule has 0 saturated carbocycles. The number of amides is 1. The van der Waals surface area contributed by atoms with Gasteiger partial charge in [-0.3, -0.25) is 9.89 Å². The topological polar surface area (TPSA) is 79.9 Å². The number of aromatic nitrogens is 3. The van der Waals surface area contributed by atoms with Gasteiger partial charge >= 0.3 is 0 Å². The van der Waals surface area contributed by atoms with E-state index < -0.39 is 0 Å². The fourth-order valence-electron chi connectivity index (χ4n) is 3.32. The molecular formula is C18H24N4O2. The van der Waals surface area contributed by atoms with Gasteiger partial charge < -0.3 is 10.1 Å². The number of aromatic amines is 1. The highest BCUT2D eigenvalue weighted by atomic mass is 16.5. The van der Waals surface area contributed by atoms with Crippen LogP contribution in [-0.4, -0.2) is 40.3 Å². The molecule has 1 fully saturated rings. The monoisotopic (exact) mass is 328 g/mol. The third-order valence-corrected chi connectivity index (χ3v) is 4.58. The van der Waals surface area contributed by atoms with Gasteiger partial charge in [0.15, 0.2) is 0 Å². The van der Waals surface area contributed by atoms with Crippen molar-refractivity contribution < 1.29 is 9.53 Å². The maximum absolute atomic E-state index is 12.6. The summed E-state index contributed by atoms with van der Waals surface area (Å²) in [5, 5.41) is 9.95. The van der Waals surface area contributed by atoms with Crippen LogP contribution in [0.1, 0.15) is 37.6 Å². The van der Waals surface area contributed by atoms with Gasteiger partial charge in [0.2, 0.25) is 5.91 Å². The zero-order valence-electron chi connectivity index (χ0n) is 14.1. The SMILES string of the molecule is CC(C)[C@@H]1OCC[C@H]1C(=O)NC[C@@H](c1ccccc1)c1ncn[nH]1. The number of hydrogen-bond acceptors (Lipinski definition) is 4. The normalized spacial score (nSPS) is 21.8. The van der Waals surface area contributed by atoms with E-state index >= 15 is 0 Å². The molecule has 3 atom stereocenters. The molecule has 1 aliphatic heterocycles. The summed E-state index contributed by atoms with van der Waals surface area (Å²) in [6.07, 6.45) is 2.28. The second-order valence-corrected chi connectivity index (χ2v) is 6.55. The first-order valence-corrected chi connectivity index (χ1v) is 8.46. The number of benzene rings is 1. The predicted molar refractivity (Wildman–Crippen MR) is 90.4 cm³/mol. The van der Waals surface area contributed by atoms with Crippen LogP contribution in [0.25, 0.3) is 0 Å². The number of nitrogens with zero attached hydrogens (tertiary/aromatic N) is 2. The maximum Gasteiger partial charge on any atom is 0.225 e. The lowest BCUT2D eigenvalue weighted by Crippen LogP contribution is -2.39. The molecule has 1 amide bonds. The van der Waals surface area contributed by atoms with Crippen molar-refractivity contribution >= 4 is 5.91 Å². The summed E-state index contributed by atoms with van der Waals surface area (Å²) in [6.45, 7) is 5.33. The van der Waals surface area contributed by atoms with E-state index in [2.05, 4.69) is 34.3 Å². The Balaban J connectivity index is 1.69. The van der Waals surface area contributed by atoms with Crippen LogP contribution >= 0.6 is 0 Å². The lowest BCUT2D eigenvalue weighted by Gasteiger charge is -2.22. The van der Waals surface area contributed by atoms with Gasteiger partial charge in [0.1, 0.15) is 12.2 Å². The number of ether oxygens (including phenoxy) is 1. The molecular weight excluding hydrogens is 304 g/mol. The molecule has 1 aliphatic rings. The summed E-state index contributed by atoms with van der Waals surface area (Å²) >= 11 is 0. The zero-order chi connectivity index (χ0) is 16.9. The summed E-state index contributed by atoms with van der Waals surface area (Å²) in [5.74, 6) is 1.03. The molecule has 0 radical (unpaired) electrons. The Bertz CT molecular complexity index is 642. The highest BCUT2D eigenvalue weighted by molar-refractivity contribution is 5.79. The van der Waals surface area contributed by atoms with E-state index in [4.69, 9.17) is 4.74 Å². The van der Waals surface area contributed by atoms with Crippen molar-refractivity contribution in [3.63, 3.8) is 0 Å². The Hall–Kier alpha value is -2.21. The molecule has 1 saturated heterocycles. The molecule has 6 heteroatoms. The van der Waals surface area contributed by atoms with Crippen LogP contribution in [0.5, 0.6) is 0 Å². The van der Waals surface area contributed by atoms with E-state index in [0.29, 0.717) is 19.1 Å². The summed E-state index contributed by atoms with van der Waals surface area (Å²) in [7, 11) is 0. The first-order valence-electron chi connectivity index (χ1n) is 8.46. The predicted octanol–water partition coefficient (Wildman–Crippen LogP) is 2.11. The average molecular weight is 328 g/mol. The third-order valence-electron chi connectivity index (χ3n) is 4.58. The third kappa shape index (κ3) is 3.64. The lowest BCUT2D eigenvalue weighted by molar-refractivity contribution is -0.127. The van der Waals surface area contributed by atoms with Crippen molar-refractivity contribution in [3.05, 3.63) is 48.0 Å². The molecule has 0 aliphatic carbocycles. The van der Waals surface area contributed by atoms with Gasteiger partial charge in [-0.05, 0) is 17.9 Å². The van der Waals surface area contributed by atoms with E-state index in [1.54, 1.807) is 0 Å². The van der Waals surface area contributed by atoms with E-state index in [1.165, 1.54) is 6.33 Å². The zero-order valence-corrected chi connectivity index (χ0v) is 14.1. The minimum atomic E-state index is -0.0730.